The molecule has 3 nitrogen and oxygen atoms in total. The van der Waals surface area contributed by atoms with Crippen LogP contribution in [0, 0.1) is 10.7 Å². The number of rotatable bonds is 7. The molecule has 0 radical (unpaired) electrons. The average Bonchev–Trinajstić information content (AvgIpc) is 2.70. The van der Waals surface area contributed by atoms with E-state index in [1.165, 1.54) is 12.1 Å². The first-order chi connectivity index (χ1) is 13.1. The molecule has 4 heteroatoms. The largest absolute Gasteiger partial charge is 0.378 e. The zero-order valence-corrected chi connectivity index (χ0v) is 15.5. The Morgan fingerprint density at radius 2 is 1.37 bits per heavy atom. The number of nitrogens with zero attached hydrogens (tertiary/aromatic N) is 2. The normalized spacial score (nSPS) is 13.0. The second kappa shape index (κ2) is 8.58. The van der Waals surface area contributed by atoms with Gasteiger partial charge in [-0.05, 0) is 47.4 Å². The third-order valence-corrected chi connectivity index (χ3v) is 4.85. The number of benzene rings is 3. The van der Waals surface area contributed by atoms with E-state index in [-0.39, 0.29) is 11.7 Å². The highest BCUT2D eigenvalue weighted by Crippen LogP contribution is 2.36. The SMILES string of the molecule is CN(C)c1ccc(C(CC(N=O)c2ccc(F)cc2)c2ccccc2)cc1. The minimum absolute atomic E-state index is 0.0233. The lowest BCUT2D eigenvalue weighted by Gasteiger charge is -2.22. The lowest BCUT2D eigenvalue weighted by Crippen LogP contribution is -2.10. The molecule has 3 aromatic rings. The first kappa shape index (κ1) is 18.8. The van der Waals surface area contributed by atoms with Crippen LogP contribution in [0.25, 0.3) is 0 Å². The van der Waals surface area contributed by atoms with Gasteiger partial charge in [0, 0.05) is 25.7 Å². The standard InChI is InChI=1S/C23H23FN2O/c1-26(2)21-14-10-18(11-15-21)22(17-6-4-3-5-7-17)16-23(25-27)19-8-12-20(24)13-9-19/h3-15,22-23H,16H2,1-2H3. The summed E-state index contributed by atoms with van der Waals surface area (Å²) in [5.74, 6) is -0.294. The van der Waals surface area contributed by atoms with Gasteiger partial charge in [0.1, 0.15) is 11.9 Å². The highest BCUT2D eigenvalue weighted by atomic mass is 19.1. The van der Waals surface area contributed by atoms with Crippen LogP contribution in [-0.4, -0.2) is 14.1 Å². The molecule has 0 spiro atoms. The minimum atomic E-state index is -0.538. The van der Waals surface area contributed by atoms with Crippen LogP contribution in [0.2, 0.25) is 0 Å². The van der Waals surface area contributed by atoms with Crippen molar-refractivity contribution >= 4 is 5.69 Å². The summed E-state index contributed by atoms with van der Waals surface area (Å²) >= 11 is 0. The van der Waals surface area contributed by atoms with E-state index in [4.69, 9.17) is 0 Å². The summed E-state index contributed by atoms with van der Waals surface area (Å²) in [5, 5.41) is 3.34. The molecule has 0 aliphatic heterocycles. The number of anilines is 1. The van der Waals surface area contributed by atoms with Gasteiger partial charge in [0.2, 0.25) is 0 Å². The molecule has 0 N–H and O–H groups in total. The first-order valence-electron chi connectivity index (χ1n) is 8.98. The van der Waals surface area contributed by atoms with Gasteiger partial charge in [-0.1, -0.05) is 59.8 Å². The van der Waals surface area contributed by atoms with Gasteiger partial charge in [0.05, 0.1) is 0 Å². The maximum atomic E-state index is 13.2. The third-order valence-electron chi connectivity index (χ3n) is 4.85. The molecule has 0 aliphatic carbocycles. The van der Waals surface area contributed by atoms with Crippen molar-refractivity contribution in [3.8, 4) is 0 Å². The number of nitroso groups, excluding NO2 is 1. The van der Waals surface area contributed by atoms with Gasteiger partial charge in [-0.3, -0.25) is 0 Å². The number of hydrogen-bond acceptors (Lipinski definition) is 3. The fourth-order valence-corrected chi connectivity index (χ4v) is 3.30. The molecule has 0 saturated heterocycles. The molecule has 2 atom stereocenters. The maximum absolute atomic E-state index is 13.2. The van der Waals surface area contributed by atoms with Gasteiger partial charge in [0.15, 0.2) is 0 Å². The summed E-state index contributed by atoms with van der Waals surface area (Å²) in [7, 11) is 4.01. The van der Waals surface area contributed by atoms with E-state index in [1.54, 1.807) is 12.1 Å². The summed E-state index contributed by atoms with van der Waals surface area (Å²) in [4.78, 5) is 13.6. The van der Waals surface area contributed by atoms with Gasteiger partial charge >= 0.3 is 0 Å². The van der Waals surface area contributed by atoms with Gasteiger partial charge in [-0.2, -0.15) is 4.91 Å². The van der Waals surface area contributed by atoms with E-state index >= 15 is 0 Å². The lowest BCUT2D eigenvalue weighted by atomic mass is 9.84. The van der Waals surface area contributed by atoms with E-state index in [9.17, 15) is 9.30 Å². The van der Waals surface area contributed by atoms with Crippen LogP contribution in [0.5, 0.6) is 0 Å². The Hall–Kier alpha value is -3.01. The van der Waals surface area contributed by atoms with Gasteiger partial charge in [-0.15, -0.1) is 0 Å². The Balaban J connectivity index is 1.94. The van der Waals surface area contributed by atoms with Crippen LogP contribution in [-0.2, 0) is 0 Å². The molecule has 0 aliphatic rings. The quantitative estimate of drug-likeness (QED) is 0.489. The van der Waals surface area contributed by atoms with E-state index in [1.807, 2.05) is 32.3 Å². The highest BCUT2D eigenvalue weighted by Gasteiger charge is 2.22. The Morgan fingerprint density at radius 3 is 1.93 bits per heavy atom. The van der Waals surface area contributed by atoms with Crippen LogP contribution in [0.1, 0.15) is 35.1 Å². The number of halogens is 1. The average molecular weight is 362 g/mol. The van der Waals surface area contributed by atoms with Crippen molar-refractivity contribution in [3.05, 3.63) is 106 Å². The van der Waals surface area contributed by atoms with Crippen molar-refractivity contribution < 1.29 is 4.39 Å². The summed E-state index contributed by atoms with van der Waals surface area (Å²) < 4.78 is 13.2. The van der Waals surface area contributed by atoms with Crippen molar-refractivity contribution in [3.63, 3.8) is 0 Å². The topological polar surface area (TPSA) is 32.7 Å². The predicted molar refractivity (Wildman–Crippen MR) is 109 cm³/mol. The van der Waals surface area contributed by atoms with Crippen molar-refractivity contribution in [2.45, 2.75) is 18.4 Å². The Labute approximate surface area is 159 Å². The monoisotopic (exact) mass is 362 g/mol. The molecular weight excluding hydrogens is 339 g/mol. The van der Waals surface area contributed by atoms with Crippen LogP contribution in [0.3, 0.4) is 0 Å². The van der Waals surface area contributed by atoms with E-state index in [0.29, 0.717) is 6.42 Å². The maximum Gasteiger partial charge on any atom is 0.123 e. The van der Waals surface area contributed by atoms with Gasteiger partial charge < -0.3 is 4.90 Å². The third kappa shape index (κ3) is 4.59. The van der Waals surface area contributed by atoms with Crippen LogP contribution >= 0.6 is 0 Å². The second-order valence-corrected chi connectivity index (χ2v) is 6.86. The van der Waals surface area contributed by atoms with Gasteiger partial charge in [0.25, 0.3) is 0 Å². The lowest BCUT2D eigenvalue weighted by molar-refractivity contribution is 0.589. The first-order valence-corrected chi connectivity index (χ1v) is 8.98. The molecule has 0 bridgehead atoms. The zero-order chi connectivity index (χ0) is 19.2. The molecule has 0 saturated carbocycles. The Kier molecular flexibility index (Phi) is 5.97. The zero-order valence-electron chi connectivity index (χ0n) is 15.5. The fourth-order valence-electron chi connectivity index (χ4n) is 3.30. The predicted octanol–water partition coefficient (Wildman–Crippen LogP) is 5.92. The minimum Gasteiger partial charge on any atom is -0.378 e. The van der Waals surface area contributed by atoms with E-state index in [0.717, 1.165) is 22.4 Å². The Morgan fingerprint density at radius 1 is 0.815 bits per heavy atom. The molecule has 2 unspecified atom stereocenters. The molecule has 0 heterocycles. The van der Waals surface area contributed by atoms with Crippen LogP contribution in [0.15, 0.2) is 84.0 Å². The molecule has 3 rings (SSSR count). The smallest absolute Gasteiger partial charge is 0.123 e. The molecule has 0 fully saturated rings. The van der Waals surface area contributed by atoms with Gasteiger partial charge in [-0.25, -0.2) is 4.39 Å². The summed E-state index contributed by atoms with van der Waals surface area (Å²) in [6.45, 7) is 0. The summed E-state index contributed by atoms with van der Waals surface area (Å²) in [6.07, 6.45) is 0.528. The summed E-state index contributed by atoms with van der Waals surface area (Å²) in [5.41, 5.74) is 4.11. The van der Waals surface area contributed by atoms with E-state index in [2.05, 4.69) is 46.5 Å². The highest BCUT2D eigenvalue weighted by molar-refractivity contribution is 5.48. The van der Waals surface area contributed by atoms with Crippen LogP contribution in [0.4, 0.5) is 10.1 Å². The van der Waals surface area contributed by atoms with Crippen molar-refractivity contribution in [1.29, 1.82) is 0 Å². The van der Waals surface area contributed by atoms with Crippen molar-refractivity contribution in [1.82, 2.24) is 0 Å². The fraction of sp³-hybridized carbons (Fsp3) is 0.217. The Bertz CT molecular complexity index is 861. The molecule has 138 valence electrons. The van der Waals surface area contributed by atoms with Crippen molar-refractivity contribution in [2.24, 2.45) is 5.18 Å². The second-order valence-electron chi connectivity index (χ2n) is 6.86. The molecule has 3 aromatic carbocycles. The molecule has 27 heavy (non-hydrogen) atoms. The molecule has 0 amide bonds. The summed E-state index contributed by atoms with van der Waals surface area (Å²) in [6, 6.07) is 23.9. The molecule has 0 aromatic heterocycles. The van der Waals surface area contributed by atoms with Crippen LogP contribution < -0.4 is 4.90 Å². The van der Waals surface area contributed by atoms with E-state index < -0.39 is 6.04 Å². The van der Waals surface area contributed by atoms with Crippen molar-refractivity contribution in [2.75, 3.05) is 19.0 Å². The molecular formula is C23H23FN2O. The number of hydrogen-bond donors (Lipinski definition) is 0.